The van der Waals surface area contributed by atoms with E-state index in [1.54, 1.807) is 6.92 Å². The number of hydrogen-bond acceptors (Lipinski definition) is 5. The predicted molar refractivity (Wildman–Crippen MR) is 67.8 cm³/mol. The minimum atomic E-state index is -0.534. The van der Waals surface area contributed by atoms with Gasteiger partial charge in [0.15, 0.2) is 0 Å². The first kappa shape index (κ1) is 14.6. The van der Waals surface area contributed by atoms with Crippen LogP contribution in [0.3, 0.4) is 0 Å². The molecule has 0 bridgehead atoms. The van der Waals surface area contributed by atoms with E-state index in [0.717, 1.165) is 0 Å². The second-order valence-corrected chi connectivity index (χ2v) is 3.68. The molecular formula is C12H14N2O5. The van der Waals surface area contributed by atoms with Crippen molar-refractivity contribution in [3.8, 4) is 0 Å². The van der Waals surface area contributed by atoms with Crippen molar-refractivity contribution in [1.82, 2.24) is 0 Å². The molecule has 0 radical (unpaired) electrons. The molecule has 0 aliphatic carbocycles. The summed E-state index contributed by atoms with van der Waals surface area (Å²) in [4.78, 5) is 34.1. The smallest absolute Gasteiger partial charge is 0.326 e. The molecule has 0 heterocycles. The monoisotopic (exact) mass is 266 g/mol. The maximum absolute atomic E-state index is 11.5. The summed E-state index contributed by atoms with van der Waals surface area (Å²) in [6, 6.07) is 5.38. The molecule has 0 aliphatic heterocycles. The highest BCUT2D eigenvalue weighted by Crippen LogP contribution is 2.19. The van der Waals surface area contributed by atoms with Gasteiger partial charge in [-0.3, -0.25) is 19.7 Å². The Labute approximate surface area is 109 Å². The van der Waals surface area contributed by atoms with Gasteiger partial charge >= 0.3 is 5.97 Å². The molecule has 0 unspecified atom stereocenters. The third-order valence-corrected chi connectivity index (χ3v) is 2.34. The second kappa shape index (κ2) is 6.48. The number of ether oxygens (including phenoxy) is 1. The minimum absolute atomic E-state index is 0.0802. The fourth-order valence-electron chi connectivity index (χ4n) is 1.47. The molecular weight excluding hydrogens is 252 g/mol. The number of nitro benzene ring substituents is 1. The van der Waals surface area contributed by atoms with Gasteiger partial charge in [0.2, 0.25) is 5.91 Å². The van der Waals surface area contributed by atoms with Gasteiger partial charge in [0.25, 0.3) is 5.69 Å². The van der Waals surface area contributed by atoms with Crippen LogP contribution >= 0.6 is 0 Å². The van der Waals surface area contributed by atoms with Crippen LogP contribution < -0.4 is 4.90 Å². The lowest BCUT2D eigenvalue weighted by Crippen LogP contribution is -2.34. The molecule has 0 aromatic heterocycles. The van der Waals surface area contributed by atoms with Crippen LogP contribution in [-0.2, 0) is 14.3 Å². The lowest BCUT2D eigenvalue weighted by Gasteiger charge is -2.19. The third-order valence-electron chi connectivity index (χ3n) is 2.34. The van der Waals surface area contributed by atoms with Crippen molar-refractivity contribution in [1.29, 1.82) is 0 Å². The summed E-state index contributed by atoms with van der Waals surface area (Å²) >= 11 is 0. The van der Waals surface area contributed by atoms with Gasteiger partial charge in [-0.15, -0.1) is 0 Å². The zero-order valence-electron chi connectivity index (χ0n) is 10.7. The predicted octanol–water partition coefficient (Wildman–Crippen LogP) is 1.51. The number of benzene rings is 1. The molecule has 1 aromatic rings. The molecule has 7 heteroatoms. The Morgan fingerprint density at radius 3 is 2.32 bits per heavy atom. The van der Waals surface area contributed by atoms with Gasteiger partial charge in [0.05, 0.1) is 11.5 Å². The van der Waals surface area contributed by atoms with Crippen LogP contribution in [0.15, 0.2) is 24.3 Å². The maximum Gasteiger partial charge on any atom is 0.326 e. The Kier molecular flexibility index (Phi) is 4.99. The first-order valence-electron chi connectivity index (χ1n) is 5.64. The molecule has 0 N–H and O–H groups in total. The summed E-state index contributed by atoms with van der Waals surface area (Å²) in [6.45, 7) is 2.98. The number of carbonyl (C=O) groups is 2. The number of hydrogen-bond donors (Lipinski definition) is 0. The zero-order valence-corrected chi connectivity index (χ0v) is 10.7. The molecule has 0 fully saturated rings. The summed E-state index contributed by atoms with van der Waals surface area (Å²) in [7, 11) is 0. The van der Waals surface area contributed by atoms with E-state index in [4.69, 9.17) is 4.74 Å². The number of carbonyl (C=O) groups excluding carboxylic acids is 2. The van der Waals surface area contributed by atoms with E-state index in [1.165, 1.54) is 36.1 Å². The number of rotatable bonds is 5. The van der Waals surface area contributed by atoms with Crippen molar-refractivity contribution in [2.75, 3.05) is 18.1 Å². The van der Waals surface area contributed by atoms with Crippen molar-refractivity contribution in [3.63, 3.8) is 0 Å². The van der Waals surface area contributed by atoms with Crippen LogP contribution in [0.25, 0.3) is 0 Å². The van der Waals surface area contributed by atoms with Crippen LogP contribution in [0.4, 0.5) is 11.4 Å². The Morgan fingerprint density at radius 2 is 1.89 bits per heavy atom. The zero-order chi connectivity index (χ0) is 14.4. The maximum atomic E-state index is 11.5. The van der Waals surface area contributed by atoms with Gasteiger partial charge in [0.1, 0.15) is 6.54 Å². The van der Waals surface area contributed by atoms with Crippen molar-refractivity contribution >= 4 is 23.3 Å². The van der Waals surface area contributed by atoms with Gasteiger partial charge < -0.3 is 9.64 Å². The van der Waals surface area contributed by atoms with Crippen LogP contribution in [0.1, 0.15) is 13.8 Å². The largest absolute Gasteiger partial charge is 0.465 e. The number of nitrogens with zero attached hydrogens (tertiary/aromatic N) is 2. The fraction of sp³-hybridized carbons (Fsp3) is 0.333. The van der Waals surface area contributed by atoms with E-state index in [-0.39, 0.29) is 24.7 Å². The molecule has 19 heavy (non-hydrogen) atoms. The number of esters is 1. The first-order valence-corrected chi connectivity index (χ1v) is 5.64. The quantitative estimate of drug-likeness (QED) is 0.457. The van der Waals surface area contributed by atoms with Gasteiger partial charge in [-0.2, -0.15) is 0 Å². The molecule has 1 aromatic carbocycles. The summed E-state index contributed by atoms with van der Waals surface area (Å²) in [5, 5.41) is 10.5. The highest BCUT2D eigenvalue weighted by Gasteiger charge is 2.17. The Balaban J connectivity index is 2.90. The normalized spacial score (nSPS) is 9.79. The summed E-state index contributed by atoms with van der Waals surface area (Å²) in [5.41, 5.74) is 0.328. The van der Waals surface area contributed by atoms with Crippen LogP contribution in [0, 0.1) is 10.1 Å². The van der Waals surface area contributed by atoms with Gasteiger partial charge in [-0.1, -0.05) is 0 Å². The highest BCUT2D eigenvalue weighted by atomic mass is 16.6. The van der Waals surface area contributed by atoms with E-state index < -0.39 is 10.9 Å². The van der Waals surface area contributed by atoms with E-state index in [9.17, 15) is 19.7 Å². The van der Waals surface area contributed by atoms with Gasteiger partial charge in [0, 0.05) is 24.7 Å². The van der Waals surface area contributed by atoms with E-state index >= 15 is 0 Å². The lowest BCUT2D eigenvalue weighted by molar-refractivity contribution is -0.384. The number of nitro groups is 1. The molecule has 1 amide bonds. The topological polar surface area (TPSA) is 89.8 Å². The molecule has 0 spiro atoms. The second-order valence-electron chi connectivity index (χ2n) is 3.68. The van der Waals surface area contributed by atoms with Crippen LogP contribution in [0.2, 0.25) is 0 Å². The van der Waals surface area contributed by atoms with Gasteiger partial charge in [-0.25, -0.2) is 0 Å². The number of anilines is 1. The lowest BCUT2D eigenvalue weighted by atomic mass is 10.2. The van der Waals surface area contributed by atoms with E-state index in [0.29, 0.717) is 5.69 Å². The molecule has 0 saturated heterocycles. The standard InChI is InChI=1S/C12H14N2O5/c1-3-19-12(16)8-13(9(2)15)10-4-6-11(7-5-10)14(17)18/h4-7H,3,8H2,1-2H3. The average Bonchev–Trinajstić information content (AvgIpc) is 2.36. The van der Waals surface area contributed by atoms with Crippen LogP contribution in [-0.4, -0.2) is 30.0 Å². The van der Waals surface area contributed by atoms with Crippen molar-refractivity contribution in [2.45, 2.75) is 13.8 Å². The van der Waals surface area contributed by atoms with Crippen molar-refractivity contribution < 1.29 is 19.2 Å². The molecule has 0 saturated carbocycles. The summed E-state index contributed by atoms with van der Waals surface area (Å²) in [6.07, 6.45) is 0. The molecule has 102 valence electrons. The minimum Gasteiger partial charge on any atom is -0.465 e. The summed E-state index contributed by atoms with van der Waals surface area (Å²) in [5.74, 6) is -0.877. The number of amides is 1. The first-order chi connectivity index (χ1) is 8.95. The third kappa shape index (κ3) is 4.06. The molecule has 7 nitrogen and oxygen atoms in total. The molecule has 0 aliphatic rings. The fourth-order valence-corrected chi connectivity index (χ4v) is 1.47. The van der Waals surface area contributed by atoms with Crippen LogP contribution in [0.5, 0.6) is 0 Å². The Morgan fingerprint density at radius 1 is 1.32 bits per heavy atom. The Bertz CT molecular complexity index is 483. The SMILES string of the molecule is CCOC(=O)CN(C(C)=O)c1ccc([N+](=O)[O-])cc1. The van der Waals surface area contributed by atoms with Crippen molar-refractivity contribution in [2.24, 2.45) is 0 Å². The van der Waals surface area contributed by atoms with Gasteiger partial charge in [-0.05, 0) is 19.1 Å². The average molecular weight is 266 g/mol. The van der Waals surface area contributed by atoms with Crippen molar-refractivity contribution in [3.05, 3.63) is 34.4 Å². The molecule has 0 atom stereocenters. The van der Waals surface area contributed by atoms with E-state index in [2.05, 4.69) is 0 Å². The summed E-state index contributed by atoms with van der Waals surface area (Å²) < 4.78 is 4.76. The highest BCUT2D eigenvalue weighted by molar-refractivity contribution is 5.96. The van der Waals surface area contributed by atoms with E-state index in [1.807, 2.05) is 0 Å². The number of non-ortho nitro benzene ring substituents is 1. The Hall–Kier alpha value is -2.44. The molecule has 1 rings (SSSR count).